The van der Waals surface area contributed by atoms with Gasteiger partial charge in [0.1, 0.15) is 24.4 Å². The summed E-state index contributed by atoms with van der Waals surface area (Å²) >= 11 is 0. The Hall–Kier alpha value is -0.0900. The lowest BCUT2D eigenvalue weighted by atomic mass is 9.99. The lowest BCUT2D eigenvalue weighted by Gasteiger charge is -2.39. The second-order valence-corrected chi connectivity index (χ2v) is 4.54. The van der Waals surface area contributed by atoms with Gasteiger partial charge in [-0.3, -0.25) is 4.52 Å². The van der Waals surface area contributed by atoms with Crippen LogP contribution in [-0.2, 0) is 13.8 Å². The van der Waals surface area contributed by atoms with Crippen LogP contribution in [0.4, 0.5) is 0 Å². The lowest BCUT2D eigenvalue weighted by Crippen LogP contribution is -2.59. The predicted octanol–water partition coefficient (Wildman–Crippen LogP) is -3.14. The van der Waals surface area contributed by atoms with Crippen molar-refractivity contribution in [3.05, 3.63) is 0 Å². The zero-order valence-electron chi connectivity index (χ0n) is 8.08. The number of phosphoric acid groups is 1. The summed E-state index contributed by atoms with van der Waals surface area (Å²) in [4.78, 5) is 17.0. The SMILES string of the molecule is NC[C@H]1O[C@@H](OP(=O)(O)O)[C@H](O)[C@@H](O)[C@@H]1O. The van der Waals surface area contributed by atoms with Crippen molar-refractivity contribution in [3.63, 3.8) is 0 Å². The Balaban J connectivity index is 2.75. The lowest BCUT2D eigenvalue weighted by molar-refractivity contribution is -0.273. The molecule has 1 fully saturated rings. The van der Waals surface area contributed by atoms with E-state index in [9.17, 15) is 19.9 Å². The number of aliphatic hydroxyl groups excluding tert-OH is 3. The van der Waals surface area contributed by atoms with Crippen LogP contribution in [0.1, 0.15) is 0 Å². The van der Waals surface area contributed by atoms with Crippen LogP contribution in [0, 0.1) is 0 Å². The standard InChI is InChI=1S/C6H14NO8P/c7-1-2-3(8)4(9)5(10)6(14-2)15-16(11,12)13/h2-6,8-10H,1,7H2,(H2,11,12,13)/t2-,3-,4+,5-,6+/m1/s1. The third-order valence-corrected chi connectivity index (χ3v) is 2.62. The van der Waals surface area contributed by atoms with Gasteiger partial charge in [-0.15, -0.1) is 0 Å². The Kier molecular flexibility index (Phi) is 4.41. The molecule has 1 rings (SSSR count). The fraction of sp³-hybridized carbons (Fsp3) is 1.00. The Morgan fingerprint density at radius 3 is 2.19 bits per heavy atom. The topological polar surface area (TPSA) is 163 Å². The molecule has 10 heteroatoms. The van der Waals surface area contributed by atoms with Gasteiger partial charge in [-0.05, 0) is 0 Å². The van der Waals surface area contributed by atoms with Gasteiger partial charge in [-0.25, -0.2) is 4.57 Å². The van der Waals surface area contributed by atoms with Crippen molar-refractivity contribution in [3.8, 4) is 0 Å². The molecule has 0 aromatic carbocycles. The maximum absolute atomic E-state index is 10.5. The Morgan fingerprint density at radius 1 is 1.19 bits per heavy atom. The van der Waals surface area contributed by atoms with E-state index in [4.69, 9.17) is 20.3 Å². The minimum absolute atomic E-state index is 0.202. The van der Waals surface area contributed by atoms with Crippen molar-refractivity contribution in [1.29, 1.82) is 0 Å². The van der Waals surface area contributed by atoms with Crippen molar-refractivity contribution in [2.45, 2.75) is 30.7 Å². The highest BCUT2D eigenvalue weighted by Gasteiger charge is 2.45. The number of aliphatic hydroxyl groups is 3. The third kappa shape index (κ3) is 3.20. The summed E-state index contributed by atoms with van der Waals surface area (Å²) in [6.45, 7) is -0.202. The molecule has 1 saturated heterocycles. The number of hydrogen-bond acceptors (Lipinski definition) is 7. The highest BCUT2D eigenvalue weighted by Crippen LogP contribution is 2.40. The van der Waals surface area contributed by atoms with E-state index in [-0.39, 0.29) is 6.54 Å². The van der Waals surface area contributed by atoms with Crippen molar-refractivity contribution < 1.29 is 38.9 Å². The number of phosphoric ester groups is 1. The van der Waals surface area contributed by atoms with Crippen molar-refractivity contribution in [1.82, 2.24) is 0 Å². The molecule has 0 saturated carbocycles. The van der Waals surface area contributed by atoms with Crippen LogP contribution in [0.25, 0.3) is 0 Å². The van der Waals surface area contributed by atoms with Crippen LogP contribution in [-0.4, -0.2) is 62.4 Å². The number of rotatable bonds is 3. The van der Waals surface area contributed by atoms with Crippen LogP contribution in [0.5, 0.6) is 0 Å². The van der Waals surface area contributed by atoms with E-state index in [0.29, 0.717) is 0 Å². The van der Waals surface area contributed by atoms with Crippen LogP contribution in [0.15, 0.2) is 0 Å². The normalized spacial score (nSPS) is 41.0. The first kappa shape index (κ1) is 14.0. The maximum Gasteiger partial charge on any atom is 0.472 e. The van der Waals surface area contributed by atoms with Crippen LogP contribution in [0.2, 0.25) is 0 Å². The fourth-order valence-electron chi connectivity index (χ4n) is 1.33. The minimum Gasteiger partial charge on any atom is -0.388 e. The van der Waals surface area contributed by atoms with Crippen molar-refractivity contribution >= 4 is 7.82 Å². The molecule has 16 heavy (non-hydrogen) atoms. The second kappa shape index (κ2) is 5.05. The van der Waals surface area contributed by atoms with Gasteiger partial charge in [-0.2, -0.15) is 0 Å². The molecular weight excluding hydrogens is 245 g/mol. The molecule has 9 nitrogen and oxygen atoms in total. The first-order valence-corrected chi connectivity index (χ1v) is 5.93. The van der Waals surface area contributed by atoms with Gasteiger partial charge in [0.25, 0.3) is 0 Å². The molecule has 1 heterocycles. The molecule has 1 aliphatic heterocycles. The van der Waals surface area contributed by atoms with Gasteiger partial charge in [0.2, 0.25) is 0 Å². The quantitative estimate of drug-likeness (QED) is 0.287. The van der Waals surface area contributed by atoms with Gasteiger partial charge >= 0.3 is 7.82 Å². The zero-order valence-corrected chi connectivity index (χ0v) is 8.97. The fourth-order valence-corrected chi connectivity index (χ4v) is 1.78. The highest BCUT2D eigenvalue weighted by atomic mass is 31.2. The predicted molar refractivity (Wildman–Crippen MR) is 48.9 cm³/mol. The van der Waals surface area contributed by atoms with E-state index in [0.717, 1.165) is 0 Å². The number of ether oxygens (including phenoxy) is 1. The summed E-state index contributed by atoms with van der Waals surface area (Å²) in [5.74, 6) is 0. The van der Waals surface area contributed by atoms with Gasteiger partial charge < -0.3 is 35.6 Å². The van der Waals surface area contributed by atoms with Gasteiger partial charge in [0.05, 0.1) is 0 Å². The molecular formula is C6H14NO8P. The smallest absolute Gasteiger partial charge is 0.388 e. The van der Waals surface area contributed by atoms with E-state index >= 15 is 0 Å². The molecule has 96 valence electrons. The molecule has 0 aromatic heterocycles. The van der Waals surface area contributed by atoms with Crippen LogP contribution >= 0.6 is 7.82 Å². The summed E-state index contributed by atoms with van der Waals surface area (Å²) < 4.78 is 19.5. The molecule has 1 aliphatic rings. The van der Waals surface area contributed by atoms with Gasteiger partial charge in [0, 0.05) is 6.54 Å². The van der Waals surface area contributed by atoms with Gasteiger partial charge in [0.15, 0.2) is 6.29 Å². The summed E-state index contributed by atoms with van der Waals surface area (Å²) in [7, 11) is -4.87. The maximum atomic E-state index is 10.5. The van der Waals surface area contributed by atoms with E-state index in [1.54, 1.807) is 0 Å². The van der Waals surface area contributed by atoms with Crippen molar-refractivity contribution in [2.24, 2.45) is 5.73 Å². The van der Waals surface area contributed by atoms with Crippen LogP contribution in [0.3, 0.4) is 0 Å². The largest absolute Gasteiger partial charge is 0.472 e. The molecule has 0 spiro atoms. The summed E-state index contributed by atoms with van der Waals surface area (Å²) in [5.41, 5.74) is 5.20. The summed E-state index contributed by atoms with van der Waals surface area (Å²) in [5, 5.41) is 28.0. The van der Waals surface area contributed by atoms with E-state index in [2.05, 4.69) is 4.52 Å². The average Bonchev–Trinajstić information content (AvgIpc) is 2.17. The van der Waals surface area contributed by atoms with E-state index in [1.165, 1.54) is 0 Å². The molecule has 0 aliphatic carbocycles. The molecule has 0 bridgehead atoms. The molecule has 0 amide bonds. The monoisotopic (exact) mass is 259 g/mol. The molecule has 7 N–H and O–H groups in total. The van der Waals surface area contributed by atoms with Gasteiger partial charge in [-0.1, -0.05) is 0 Å². The second-order valence-electron chi connectivity index (χ2n) is 3.35. The Morgan fingerprint density at radius 2 is 1.75 bits per heavy atom. The van der Waals surface area contributed by atoms with E-state index in [1.807, 2.05) is 0 Å². The first-order valence-electron chi connectivity index (χ1n) is 4.40. The van der Waals surface area contributed by atoms with E-state index < -0.39 is 38.5 Å². The highest BCUT2D eigenvalue weighted by molar-refractivity contribution is 7.46. The third-order valence-electron chi connectivity index (χ3n) is 2.14. The molecule has 5 atom stereocenters. The average molecular weight is 259 g/mol. The Bertz CT molecular complexity index is 280. The van der Waals surface area contributed by atoms with Crippen molar-refractivity contribution in [2.75, 3.05) is 6.54 Å². The molecule has 0 aromatic rings. The van der Waals surface area contributed by atoms with Crippen LogP contribution < -0.4 is 5.73 Å². The number of hydrogen-bond donors (Lipinski definition) is 6. The molecule has 0 radical (unpaired) electrons. The Labute approximate surface area is 90.6 Å². The zero-order chi connectivity index (χ0) is 12.5. The summed E-state index contributed by atoms with van der Waals surface area (Å²) in [6, 6.07) is 0. The summed E-state index contributed by atoms with van der Waals surface area (Å²) in [6.07, 6.45) is -7.69. The molecule has 0 unspecified atom stereocenters. The minimum atomic E-state index is -4.87. The number of nitrogens with two attached hydrogens (primary N) is 1. The first-order chi connectivity index (χ1) is 7.26.